The number of anilines is 1. The fourth-order valence-corrected chi connectivity index (χ4v) is 2.58. The lowest BCUT2D eigenvalue weighted by molar-refractivity contribution is -0.137. The zero-order chi connectivity index (χ0) is 14.0. The van der Waals surface area contributed by atoms with Crippen LogP contribution < -0.4 is 5.32 Å². The summed E-state index contributed by atoms with van der Waals surface area (Å²) in [5.74, 6) is 0. The quantitative estimate of drug-likeness (QED) is 0.876. The maximum atomic E-state index is 12.5. The lowest BCUT2D eigenvalue weighted by atomic mass is 9.89. The third kappa shape index (κ3) is 3.63. The number of hydrogen-bond acceptors (Lipinski definition) is 2. The van der Waals surface area contributed by atoms with Crippen LogP contribution in [0.1, 0.15) is 25.3 Å². The van der Waals surface area contributed by atoms with Crippen LogP contribution in [0, 0.1) is 0 Å². The molecule has 0 heterocycles. The van der Waals surface area contributed by atoms with Crippen molar-refractivity contribution in [3.8, 4) is 0 Å². The zero-order valence-electron chi connectivity index (χ0n) is 10.4. The van der Waals surface area contributed by atoms with E-state index in [0.29, 0.717) is 16.8 Å². The molecule has 1 aromatic carbocycles. The van der Waals surface area contributed by atoms with Gasteiger partial charge in [-0.1, -0.05) is 0 Å². The Balaban J connectivity index is 1.96. The molecule has 0 spiro atoms. The predicted molar refractivity (Wildman–Crippen MR) is 71.2 cm³/mol. The summed E-state index contributed by atoms with van der Waals surface area (Å²) in [4.78, 5) is 0. The Kier molecular flexibility index (Phi) is 4.40. The first kappa shape index (κ1) is 14.7. The number of hydrogen-bond donors (Lipinski definition) is 1. The molecule has 1 aliphatic rings. The number of alkyl halides is 3. The molecule has 1 N–H and O–H groups in total. The van der Waals surface area contributed by atoms with Crippen molar-refractivity contribution >= 4 is 21.6 Å². The fraction of sp³-hybridized carbons (Fsp3) is 0.538. The number of rotatable bonds is 4. The molecule has 1 saturated carbocycles. The number of halogens is 4. The highest BCUT2D eigenvalue weighted by atomic mass is 79.9. The highest BCUT2D eigenvalue weighted by Crippen LogP contribution is 2.35. The maximum absolute atomic E-state index is 12.5. The smallest absolute Gasteiger partial charge is 0.381 e. The number of ether oxygens (including phenoxy) is 1. The molecule has 0 atom stereocenters. The van der Waals surface area contributed by atoms with Crippen LogP contribution in [0.2, 0.25) is 0 Å². The molecule has 19 heavy (non-hydrogen) atoms. The van der Waals surface area contributed by atoms with Crippen LogP contribution >= 0.6 is 15.9 Å². The Bertz CT molecular complexity index is 444. The standard InChI is InChI=1S/C13H15BrF3NO/c1-2-19-10-6-9(7-10)18-12-4-3-8(5-11(12)14)13(15,16)17/h3-5,9-10,18H,2,6-7H2,1H3. The molecule has 106 valence electrons. The van der Waals surface area contributed by atoms with Gasteiger partial charge in [0.2, 0.25) is 0 Å². The number of nitrogens with one attached hydrogen (secondary N) is 1. The van der Waals surface area contributed by atoms with E-state index in [4.69, 9.17) is 4.74 Å². The third-order valence-corrected chi connectivity index (χ3v) is 3.81. The van der Waals surface area contributed by atoms with E-state index < -0.39 is 11.7 Å². The first-order chi connectivity index (χ1) is 8.90. The van der Waals surface area contributed by atoms with Gasteiger partial charge in [-0.15, -0.1) is 0 Å². The van der Waals surface area contributed by atoms with Crippen molar-refractivity contribution in [1.29, 1.82) is 0 Å². The van der Waals surface area contributed by atoms with Gasteiger partial charge in [0.1, 0.15) is 0 Å². The molecule has 2 rings (SSSR count). The minimum atomic E-state index is -4.31. The van der Waals surface area contributed by atoms with E-state index in [1.54, 1.807) is 0 Å². The molecule has 0 bridgehead atoms. The highest BCUT2D eigenvalue weighted by molar-refractivity contribution is 9.10. The van der Waals surface area contributed by atoms with E-state index in [-0.39, 0.29) is 12.1 Å². The molecule has 0 radical (unpaired) electrons. The predicted octanol–water partition coefficient (Wildman–Crippen LogP) is 4.45. The Morgan fingerprint density at radius 2 is 2.05 bits per heavy atom. The summed E-state index contributed by atoms with van der Waals surface area (Å²) in [5, 5.41) is 3.22. The second-order valence-electron chi connectivity index (χ2n) is 4.58. The first-order valence-corrected chi connectivity index (χ1v) is 6.94. The van der Waals surface area contributed by atoms with Crippen LogP contribution in [0.15, 0.2) is 22.7 Å². The molecule has 6 heteroatoms. The van der Waals surface area contributed by atoms with Gasteiger partial charge in [-0.25, -0.2) is 0 Å². The average molecular weight is 338 g/mol. The van der Waals surface area contributed by atoms with Crippen LogP contribution in [0.4, 0.5) is 18.9 Å². The van der Waals surface area contributed by atoms with E-state index >= 15 is 0 Å². The van der Waals surface area contributed by atoms with Crippen LogP contribution in [0.5, 0.6) is 0 Å². The van der Waals surface area contributed by atoms with Crippen LogP contribution in [-0.2, 0) is 10.9 Å². The van der Waals surface area contributed by atoms with Crippen LogP contribution in [0.3, 0.4) is 0 Å². The Morgan fingerprint density at radius 3 is 2.58 bits per heavy atom. The fourth-order valence-electron chi connectivity index (χ4n) is 2.08. The van der Waals surface area contributed by atoms with Crippen LogP contribution in [0.25, 0.3) is 0 Å². The second kappa shape index (κ2) is 5.71. The van der Waals surface area contributed by atoms with E-state index in [0.717, 1.165) is 25.0 Å². The van der Waals surface area contributed by atoms with E-state index in [1.165, 1.54) is 6.07 Å². The molecular formula is C13H15BrF3NO. The van der Waals surface area contributed by atoms with Gasteiger partial charge < -0.3 is 10.1 Å². The van der Waals surface area contributed by atoms with Crippen molar-refractivity contribution in [2.24, 2.45) is 0 Å². The van der Waals surface area contributed by atoms with Crippen molar-refractivity contribution in [3.63, 3.8) is 0 Å². The van der Waals surface area contributed by atoms with Crippen molar-refractivity contribution in [2.45, 2.75) is 38.1 Å². The first-order valence-electron chi connectivity index (χ1n) is 6.15. The maximum Gasteiger partial charge on any atom is 0.416 e. The molecular weight excluding hydrogens is 323 g/mol. The van der Waals surface area contributed by atoms with Crippen molar-refractivity contribution < 1.29 is 17.9 Å². The monoisotopic (exact) mass is 337 g/mol. The summed E-state index contributed by atoms with van der Waals surface area (Å²) in [5.41, 5.74) is 0.0404. The van der Waals surface area contributed by atoms with E-state index in [2.05, 4.69) is 21.2 Å². The average Bonchev–Trinajstić information content (AvgIpc) is 2.27. The Labute approximate surface area is 118 Å². The summed E-state index contributed by atoms with van der Waals surface area (Å²) < 4.78 is 43.4. The third-order valence-electron chi connectivity index (χ3n) is 3.15. The molecule has 1 fully saturated rings. The Morgan fingerprint density at radius 1 is 1.37 bits per heavy atom. The van der Waals surface area contributed by atoms with Gasteiger partial charge in [-0.3, -0.25) is 0 Å². The normalized spacial score (nSPS) is 23.0. The Hall–Kier alpha value is -0.750. The minimum absolute atomic E-state index is 0.268. The highest BCUT2D eigenvalue weighted by Gasteiger charge is 2.32. The molecule has 1 aromatic rings. The SMILES string of the molecule is CCOC1CC(Nc2ccc(C(F)(F)F)cc2Br)C1. The molecule has 1 aliphatic carbocycles. The molecule has 0 amide bonds. The summed E-state index contributed by atoms with van der Waals surface area (Å²) in [6.07, 6.45) is -2.25. The van der Waals surface area contributed by atoms with Crippen molar-refractivity contribution in [1.82, 2.24) is 0 Å². The van der Waals surface area contributed by atoms with Gasteiger partial charge in [-0.05, 0) is 53.9 Å². The van der Waals surface area contributed by atoms with Gasteiger partial charge in [0.05, 0.1) is 11.7 Å². The topological polar surface area (TPSA) is 21.3 Å². The van der Waals surface area contributed by atoms with Gasteiger partial charge >= 0.3 is 6.18 Å². The van der Waals surface area contributed by atoms with Crippen molar-refractivity contribution in [2.75, 3.05) is 11.9 Å². The summed E-state index contributed by atoms with van der Waals surface area (Å²) >= 11 is 3.17. The molecule has 0 aliphatic heterocycles. The lowest BCUT2D eigenvalue weighted by Gasteiger charge is -2.36. The summed E-state index contributed by atoms with van der Waals surface area (Å²) in [6, 6.07) is 3.91. The largest absolute Gasteiger partial charge is 0.416 e. The summed E-state index contributed by atoms with van der Waals surface area (Å²) in [7, 11) is 0. The van der Waals surface area contributed by atoms with Gasteiger partial charge in [0.15, 0.2) is 0 Å². The zero-order valence-corrected chi connectivity index (χ0v) is 12.0. The summed E-state index contributed by atoms with van der Waals surface area (Å²) in [6.45, 7) is 2.65. The minimum Gasteiger partial charge on any atom is -0.381 e. The number of benzene rings is 1. The molecule has 0 unspecified atom stereocenters. The molecule has 2 nitrogen and oxygen atoms in total. The van der Waals surface area contributed by atoms with Gasteiger partial charge in [-0.2, -0.15) is 13.2 Å². The second-order valence-corrected chi connectivity index (χ2v) is 5.44. The van der Waals surface area contributed by atoms with Crippen LogP contribution in [-0.4, -0.2) is 18.8 Å². The molecule has 0 saturated heterocycles. The van der Waals surface area contributed by atoms with Gasteiger partial charge in [0, 0.05) is 22.8 Å². The van der Waals surface area contributed by atoms with E-state index in [1.807, 2.05) is 6.92 Å². The van der Waals surface area contributed by atoms with E-state index in [9.17, 15) is 13.2 Å². The van der Waals surface area contributed by atoms with Crippen molar-refractivity contribution in [3.05, 3.63) is 28.2 Å². The lowest BCUT2D eigenvalue weighted by Crippen LogP contribution is -2.40. The van der Waals surface area contributed by atoms with Gasteiger partial charge in [0.25, 0.3) is 0 Å². The molecule has 0 aromatic heterocycles.